The van der Waals surface area contributed by atoms with Crippen molar-refractivity contribution in [2.75, 3.05) is 13.1 Å². The van der Waals surface area contributed by atoms with Gasteiger partial charge in [-0.25, -0.2) is 9.50 Å². The molecule has 3 heterocycles. The smallest absolute Gasteiger partial charge is 0.308 e. The van der Waals surface area contributed by atoms with Gasteiger partial charge in [0.2, 0.25) is 5.82 Å². The fourth-order valence-corrected chi connectivity index (χ4v) is 2.28. The SMILES string of the molecule is Cc1ccnc2nc(C(=O)N3CCC(C(=O)O)C3)nn12. The molecule has 0 spiro atoms. The maximum absolute atomic E-state index is 12.3. The van der Waals surface area contributed by atoms with Crippen molar-refractivity contribution in [3.8, 4) is 0 Å². The van der Waals surface area contributed by atoms with E-state index in [0.717, 1.165) is 5.69 Å². The molecular weight excluding hydrogens is 262 g/mol. The molecule has 0 aromatic carbocycles. The van der Waals surface area contributed by atoms with Crippen molar-refractivity contribution >= 4 is 17.7 Å². The van der Waals surface area contributed by atoms with Crippen LogP contribution in [-0.4, -0.2) is 54.6 Å². The zero-order valence-electron chi connectivity index (χ0n) is 10.9. The van der Waals surface area contributed by atoms with Crippen LogP contribution in [0, 0.1) is 12.8 Å². The zero-order chi connectivity index (χ0) is 14.3. The van der Waals surface area contributed by atoms with E-state index in [-0.39, 0.29) is 18.3 Å². The summed E-state index contributed by atoms with van der Waals surface area (Å²) in [5.74, 6) is -1.31. The van der Waals surface area contributed by atoms with Gasteiger partial charge in [-0.1, -0.05) is 0 Å². The average molecular weight is 275 g/mol. The van der Waals surface area contributed by atoms with Crippen molar-refractivity contribution in [1.29, 1.82) is 0 Å². The lowest BCUT2D eigenvalue weighted by Gasteiger charge is -2.12. The van der Waals surface area contributed by atoms with Crippen molar-refractivity contribution < 1.29 is 14.7 Å². The van der Waals surface area contributed by atoms with Crippen LogP contribution in [0.5, 0.6) is 0 Å². The number of aromatic nitrogens is 4. The van der Waals surface area contributed by atoms with E-state index in [0.29, 0.717) is 18.7 Å². The summed E-state index contributed by atoms with van der Waals surface area (Å²) in [6.45, 7) is 2.46. The molecule has 0 radical (unpaired) electrons. The lowest BCUT2D eigenvalue weighted by molar-refractivity contribution is -0.141. The first-order chi connectivity index (χ1) is 9.56. The number of aliphatic carboxylic acids is 1. The van der Waals surface area contributed by atoms with Crippen LogP contribution < -0.4 is 0 Å². The minimum atomic E-state index is -0.874. The number of nitrogens with zero attached hydrogens (tertiary/aromatic N) is 5. The zero-order valence-corrected chi connectivity index (χ0v) is 10.9. The van der Waals surface area contributed by atoms with E-state index in [1.807, 2.05) is 6.92 Å². The van der Waals surface area contributed by atoms with E-state index in [1.54, 1.807) is 12.3 Å². The van der Waals surface area contributed by atoms with Crippen LogP contribution in [0.1, 0.15) is 22.7 Å². The highest BCUT2D eigenvalue weighted by Crippen LogP contribution is 2.18. The summed E-state index contributed by atoms with van der Waals surface area (Å²) in [5, 5.41) is 13.1. The Morgan fingerprint density at radius 2 is 2.25 bits per heavy atom. The third kappa shape index (κ3) is 1.98. The number of carbonyl (C=O) groups excluding carboxylic acids is 1. The molecule has 8 heteroatoms. The van der Waals surface area contributed by atoms with Gasteiger partial charge in [0.15, 0.2) is 0 Å². The molecule has 1 atom stereocenters. The largest absolute Gasteiger partial charge is 0.481 e. The second kappa shape index (κ2) is 4.55. The molecule has 1 unspecified atom stereocenters. The number of hydrogen-bond acceptors (Lipinski definition) is 5. The van der Waals surface area contributed by atoms with Gasteiger partial charge in [0, 0.05) is 25.0 Å². The minimum absolute atomic E-state index is 0.0536. The van der Waals surface area contributed by atoms with Crippen LogP contribution in [0.3, 0.4) is 0 Å². The molecule has 0 bridgehead atoms. The molecule has 1 aliphatic heterocycles. The Bertz CT molecular complexity index is 695. The molecule has 1 amide bonds. The molecule has 104 valence electrons. The normalized spacial score (nSPS) is 18.6. The van der Waals surface area contributed by atoms with Gasteiger partial charge < -0.3 is 10.0 Å². The number of fused-ring (bicyclic) bond motifs is 1. The summed E-state index contributed by atoms with van der Waals surface area (Å²) in [5.41, 5.74) is 0.825. The molecule has 1 saturated heterocycles. The summed E-state index contributed by atoms with van der Waals surface area (Å²) < 4.78 is 1.50. The second-order valence-corrected chi connectivity index (χ2v) is 4.81. The molecule has 2 aromatic heterocycles. The maximum atomic E-state index is 12.3. The summed E-state index contributed by atoms with van der Waals surface area (Å²) in [4.78, 5) is 32.8. The number of carbonyl (C=O) groups is 2. The summed E-state index contributed by atoms with van der Waals surface area (Å²) in [6.07, 6.45) is 2.07. The van der Waals surface area contributed by atoms with E-state index in [9.17, 15) is 9.59 Å². The Kier molecular flexibility index (Phi) is 2.85. The van der Waals surface area contributed by atoms with E-state index < -0.39 is 11.9 Å². The van der Waals surface area contributed by atoms with E-state index in [2.05, 4.69) is 15.1 Å². The molecule has 1 fully saturated rings. The van der Waals surface area contributed by atoms with Crippen LogP contribution in [0.4, 0.5) is 0 Å². The Hall–Kier alpha value is -2.51. The van der Waals surface area contributed by atoms with Gasteiger partial charge in [-0.2, -0.15) is 4.98 Å². The lowest BCUT2D eigenvalue weighted by atomic mass is 10.1. The maximum Gasteiger partial charge on any atom is 0.308 e. The molecule has 8 nitrogen and oxygen atoms in total. The number of carboxylic acids is 1. The topological polar surface area (TPSA) is 101 Å². The van der Waals surface area contributed by atoms with Gasteiger partial charge in [0.25, 0.3) is 11.7 Å². The fraction of sp³-hybridized carbons (Fsp3) is 0.417. The summed E-state index contributed by atoms with van der Waals surface area (Å²) in [6, 6.07) is 1.77. The lowest BCUT2D eigenvalue weighted by Crippen LogP contribution is -2.30. The van der Waals surface area contributed by atoms with Gasteiger partial charge in [-0.3, -0.25) is 9.59 Å². The number of amides is 1. The number of carboxylic acid groups (broad SMARTS) is 1. The molecule has 3 rings (SSSR count). The van der Waals surface area contributed by atoms with Crippen LogP contribution >= 0.6 is 0 Å². The Morgan fingerprint density at radius 1 is 1.45 bits per heavy atom. The van der Waals surface area contributed by atoms with Crippen molar-refractivity contribution in [1.82, 2.24) is 24.5 Å². The third-order valence-corrected chi connectivity index (χ3v) is 3.45. The highest BCUT2D eigenvalue weighted by molar-refractivity contribution is 5.91. The highest BCUT2D eigenvalue weighted by Gasteiger charge is 2.32. The molecule has 20 heavy (non-hydrogen) atoms. The first kappa shape index (κ1) is 12.5. The summed E-state index contributed by atoms with van der Waals surface area (Å²) in [7, 11) is 0. The number of likely N-dealkylation sites (tertiary alicyclic amines) is 1. The van der Waals surface area contributed by atoms with Crippen molar-refractivity contribution in [3.63, 3.8) is 0 Å². The summed E-state index contributed by atoms with van der Waals surface area (Å²) >= 11 is 0. The van der Waals surface area contributed by atoms with Gasteiger partial charge in [0.05, 0.1) is 5.92 Å². The molecular formula is C12H13N5O3. The molecule has 2 aromatic rings. The van der Waals surface area contributed by atoms with Crippen LogP contribution in [0.2, 0.25) is 0 Å². The number of aryl methyl sites for hydroxylation is 1. The third-order valence-electron chi connectivity index (χ3n) is 3.45. The molecule has 1 aliphatic rings. The molecule has 0 saturated carbocycles. The van der Waals surface area contributed by atoms with Gasteiger partial charge >= 0.3 is 5.97 Å². The first-order valence-electron chi connectivity index (χ1n) is 6.26. The quantitative estimate of drug-likeness (QED) is 0.826. The van der Waals surface area contributed by atoms with E-state index in [1.165, 1.54) is 9.42 Å². The van der Waals surface area contributed by atoms with Crippen LogP contribution in [0.15, 0.2) is 12.3 Å². The van der Waals surface area contributed by atoms with Crippen LogP contribution in [0.25, 0.3) is 5.78 Å². The first-order valence-corrected chi connectivity index (χ1v) is 6.26. The standard InChI is InChI=1S/C12H13N5O3/c1-7-2-4-13-12-14-9(15-17(7)12)10(18)16-5-3-8(6-16)11(19)20/h2,4,8H,3,5-6H2,1H3,(H,19,20). The van der Waals surface area contributed by atoms with E-state index in [4.69, 9.17) is 5.11 Å². The minimum Gasteiger partial charge on any atom is -0.481 e. The van der Waals surface area contributed by atoms with Crippen LogP contribution in [-0.2, 0) is 4.79 Å². The van der Waals surface area contributed by atoms with Gasteiger partial charge in [-0.05, 0) is 19.4 Å². The molecule has 1 N–H and O–H groups in total. The Morgan fingerprint density at radius 3 is 2.90 bits per heavy atom. The Labute approximate surface area is 114 Å². The average Bonchev–Trinajstić information content (AvgIpc) is 3.05. The van der Waals surface area contributed by atoms with Gasteiger partial charge in [-0.15, -0.1) is 5.10 Å². The highest BCUT2D eigenvalue weighted by atomic mass is 16.4. The monoisotopic (exact) mass is 275 g/mol. The van der Waals surface area contributed by atoms with Crippen molar-refractivity contribution in [2.24, 2.45) is 5.92 Å². The van der Waals surface area contributed by atoms with E-state index >= 15 is 0 Å². The predicted octanol–water partition coefficient (Wildman–Crippen LogP) is -0.0206. The number of hydrogen-bond donors (Lipinski definition) is 1. The fourth-order valence-electron chi connectivity index (χ4n) is 2.28. The number of rotatable bonds is 2. The Balaban J connectivity index is 1.86. The van der Waals surface area contributed by atoms with Crippen molar-refractivity contribution in [3.05, 3.63) is 23.8 Å². The van der Waals surface area contributed by atoms with Crippen molar-refractivity contribution in [2.45, 2.75) is 13.3 Å². The molecule has 0 aliphatic carbocycles. The second-order valence-electron chi connectivity index (χ2n) is 4.81. The predicted molar refractivity (Wildman–Crippen MR) is 67.2 cm³/mol. The van der Waals surface area contributed by atoms with Gasteiger partial charge in [0.1, 0.15) is 0 Å².